The van der Waals surface area contributed by atoms with Gasteiger partial charge in [-0.3, -0.25) is 19.4 Å². The molecule has 7 nitrogen and oxygen atoms in total. The van der Waals surface area contributed by atoms with Crippen LogP contribution in [0.3, 0.4) is 0 Å². The van der Waals surface area contributed by atoms with Gasteiger partial charge in [0.1, 0.15) is 0 Å². The van der Waals surface area contributed by atoms with Crippen molar-refractivity contribution in [2.24, 2.45) is 0 Å². The molecule has 1 fully saturated rings. The summed E-state index contributed by atoms with van der Waals surface area (Å²) >= 11 is 0. The number of carbonyl (C=O) groups excluding carboxylic acids is 2. The Morgan fingerprint density at radius 3 is 1.69 bits per heavy atom. The van der Waals surface area contributed by atoms with E-state index in [1.807, 2.05) is 9.80 Å². The Morgan fingerprint density at radius 2 is 1.28 bits per heavy atom. The van der Waals surface area contributed by atoms with Gasteiger partial charge in [-0.1, -0.05) is 23.3 Å². The van der Waals surface area contributed by atoms with Crippen molar-refractivity contribution in [3.05, 3.63) is 23.3 Å². The second kappa shape index (κ2) is 13.8. The summed E-state index contributed by atoms with van der Waals surface area (Å²) in [6, 6.07) is 0. The van der Waals surface area contributed by atoms with E-state index in [2.05, 4.69) is 22.8 Å². The molecular formula is C25H42N4O3. The third kappa shape index (κ3) is 9.43. The van der Waals surface area contributed by atoms with Gasteiger partial charge in [0.2, 0.25) is 11.8 Å². The van der Waals surface area contributed by atoms with E-state index in [1.54, 1.807) is 0 Å². The highest BCUT2D eigenvalue weighted by molar-refractivity contribution is 5.78. The first-order chi connectivity index (χ1) is 15.6. The summed E-state index contributed by atoms with van der Waals surface area (Å²) in [5.74, 6) is 0.0219. The van der Waals surface area contributed by atoms with Gasteiger partial charge in [-0.15, -0.1) is 0 Å². The van der Waals surface area contributed by atoms with E-state index in [4.69, 9.17) is 0 Å². The molecule has 0 radical (unpaired) electrons. The Labute approximate surface area is 193 Å². The predicted molar refractivity (Wildman–Crippen MR) is 127 cm³/mol. The van der Waals surface area contributed by atoms with Gasteiger partial charge in [0, 0.05) is 39.3 Å². The number of aliphatic hydroxyl groups is 1. The van der Waals surface area contributed by atoms with Crippen LogP contribution in [0.25, 0.3) is 0 Å². The first kappa shape index (κ1) is 24.9. The molecule has 180 valence electrons. The number of β-amino-alcohol motifs (C(OH)–C–C–N with tert-alkyl or cyclic N) is 1. The molecule has 0 aromatic rings. The largest absolute Gasteiger partial charge is 0.390 e. The van der Waals surface area contributed by atoms with Gasteiger partial charge >= 0.3 is 0 Å². The lowest BCUT2D eigenvalue weighted by atomic mass is 9.97. The normalized spacial score (nSPS) is 21.4. The number of nitrogens with one attached hydrogen (secondary N) is 2. The van der Waals surface area contributed by atoms with Crippen molar-refractivity contribution < 1.29 is 14.7 Å². The van der Waals surface area contributed by atoms with Gasteiger partial charge in [-0.2, -0.15) is 0 Å². The van der Waals surface area contributed by atoms with E-state index in [9.17, 15) is 14.7 Å². The van der Waals surface area contributed by atoms with E-state index < -0.39 is 6.10 Å². The van der Waals surface area contributed by atoms with E-state index in [0.29, 0.717) is 52.4 Å². The van der Waals surface area contributed by atoms with Crippen LogP contribution in [0, 0.1) is 0 Å². The number of hydrogen-bond acceptors (Lipinski definition) is 5. The fourth-order valence-corrected chi connectivity index (χ4v) is 4.91. The maximum atomic E-state index is 12.3. The van der Waals surface area contributed by atoms with Gasteiger partial charge in [0.15, 0.2) is 0 Å². The second-order valence-corrected chi connectivity index (χ2v) is 9.54. The molecule has 0 spiro atoms. The summed E-state index contributed by atoms with van der Waals surface area (Å²) in [7, 11) is 0. The van der Waals surface area contributed by atoms with Crippen molar-refractivity contribution in [1.29, 1.82) is 0 Å². The van der Waals surface area contributed by atoms with Gasteiger partial charge in [-0.25, -0.2) is 0 Å². The lowest BCUT2D eigenvalue weighted by Crippen LogP contribution is -2.41. The van der Waals surface area contributed by atoms with Crippen LogP contribution in [0.2, 0.25) is 0 Å². The zero-order valence-electron chi connectivity index (χ0n) is 19.6. The van der Waals surface area contributed by atoms with Gasteiger partial charge in [0.25, 0.3) is 0 Å². The average molecular weight is 447 g/mol. The highest BCUT2D eigenvalue weighted by atomic mass is 16.3. The number of aliphatic hydroxyl groups excluding tert-OH is 1. The zero-order chi connectivity index (χ0) is 22.6. The van der Waals surface area contributed by atoms with Crippen molar-refractivity contribution >= 4 is 11.8 Å². The molecule has 7 heteroatoms. The number of nitrogens with zero attached hydrogens (tertiary/aromatic N) is 2. The molecule has 1 aliphatic heterocycles. The number of carbonyl (C=O) groups is 2. The lowest BCUT2D eigenvalue weighted by molar-refractivity contribution is -0.123. The van der Waals surface area contributed by atoms with Gasteiger partial charge in [-0.05, 0) is 64.2 Å². The first-order valence-corrected chi connectivity index (χ1v) is 12.6. The van der Waals surface area contributed by atoms with Crippen molar-refractivity contribution in [3.63, 3.8) is 0 Å². The molecule has 2 aliphatic carbocycles. The lowest BCUT2D eigenvalue weighted by Gasteiger charge is -2.21. The van der Waals surface area contributed by atoms with Gasteiger partial charge in [0.05, 0.1) is 19.2 Å². The molecule has 0 atom stereocenters. The molecule has 1 saturated heterocycles. The maximum Gasteiger partial charge on any atom is 0.234 e. The van der Waals surface area contributed by atoms with Gasteiger partial charge < -0.3 is 15.7 Å². The summed E-state index contributed by atoms with van der Waals surface area (Å²) in [6.45, 7) is 4.24. The van der Waals surface area contributed by atoms with Crippen LogP contribution < -0.4 is 10.6 Å². The zero-order valence-corrected chi connectivity index (χ0v) is 19.6. The molecule has 0 saturated carbocycles. The Morgan fingerprint density at radius 1 is 0.812 bits per heavy atom. The molecular weight excluding hydrogens is 404 g/mol. The summed E-state index contributed by atoms with van der Waals surface area (Å²) in [4.78, 5) is 28.7. The van der Waals surface area contributed by atoms with Crippen molar-refractivity contribution in [3.8, 4) is 0 Å². The molecule has 3 N–H and O–H groups in total. The maximum absolute atomic E-state index is 12.3. The van der Waals surface area contributed by atoms with Crippen molar-refractivity contribution in [1.82, 2.24) is 20.4 Å². The number of amides is 2. The minimum Gasteiger partial charge on any atom is -0.390 e. The smallest absolute Gasteiger partial charge is 0.234 e. The molecule has 0 unspecified atom stereocenters. The SMILES string of the molecule is O=C(CN1CCN(CC(=O)NCCC2=CCCCC2)CC(O)C1)NCCC1=CCCCC1. The molecule has 1 heterocycles. The summed E-state index contributed by atoms with van der Waals surface area (Å²) in [5, 5.41) is 16.4. The number of hydrogen-bond donors (Lipinski definition) is 3. The number of allylic oxidation sites excluding steroid dienone is 2. The fraction of sp³-hybridized carbons (Fsp3) is 0.760. The minimum atomic E-state index is -0.558. The third-order valence-electron chi connectivity index (χ3n) is 6.71. The van der Waals surface area contributed by atoms with Crippen LogP contribution in [-0.2, 0) is 9.59 Å². The summed E-state index contributed by atoms with van der Waals surface area (Å²) < 4.78 is 0. The van der Waals surface area contributed by atoms with Crippen LogP contribution in [0.15, 0.2) is 23.3 Å². The fourth-order valence-electron chi connectivity index (χ4n) is 4.91. The first-order valence-electron chi connectivity index (χ1n) is 12.6. The Balaban J connectivity index is 1.31. The average Bonchev–Trinajstić information content (AvgIpc) is 2.95. The highest BCUT2D eigenvalue weighted by Crippen LogP contribution is 2.20. The Kier molecular flexibility index (Phi) is 10.7. The Hall–Kier alpha value is -1.70. The third-order valence-corrected chi connectivity index (χ3v) is 6.71. The van der Waals surface area contributed by atoms with Crippen LogP contribution in [0.1, 0.15) is 64.2 Å². The van der Waals surface area contributed by atoms with Crippen LogP contribution in [0.4, 0.5) is 0 Å². The second-order valence-electron chi connectivity index (χ2n) is 9.54. The van der Waals surface area contributed by atoms with E-state index >= 15 is 0 Å². The molecule has 0 aromatic carbocycles. The standard InChI is InChI=1S/C25H42N4O3/c30-23-17-28(19-24(31)26-13-11-21-7-3-1-4-8-21)15-16-29(18-23)20-25(32)27-14-12-22-9-5-2-6-10-22/h7,9,23,30H,1-6,8,10-20H2,(H,26,31)(H,27,32). The Bertz CT molecular complexity index is 620. The van der Waals surface area contributed by atoms with Crippen molar-refractivity contribution in [2.45, 2.75) is 70.3 Å². The molecule has 32 heavy (non-hydrogen) atoms. The van der Waals surface area contributed by atoms with Crippen molar-refractivity contribution in [2.75, 3.05) is 52.4 Å². The topological polar surface area (TPSA) is 84.9 Å². The quantitative estimate of drug-likeness (QED) is 0.447. The monoisotopic (exact) mass is 446 g/mol. The number of rotatable bonds is 10. The van der Waals surface area contributed by atoms with Crippen LogP contribution in [0.5, 0.6) is 0 Å². The molecule has 0 aromatic heterocycles. The molecule has 0 bridgehead atoms. The van der Waals surface area contributed by atoms with E-state index in [0.717, 1.165) is 25.7 Å². The van der Waals surface area contributed by atoms with E-state index in [-0.39, 0.29) is 11.8 Å². The summed E-state index contributed by atoms with van der Waals surface area (Å²) in [5.41, 5.74) is 2.93. The van der Waals surface area contributed by atoms with E-state index in [1.165, 1.54) is 49.7 Å². The minimum absolute atomic E-state index is 0.0109. The predicted octanol–water partition coefficient (Wildman–Crippen LogP) is 1.98. The van der Waals surface area contributed by atoms with Crippen LogP contribution in [-0.4, -0.2) is 85.2 Å². The highest BCUT2D eigenvalue weighted by Gasteiger charge is 2.24. The molecule has 2 amide bonds. The van der Waals surface area contributed by atoms with Crippen LogP contribution >= 0.6 is 0 Å². The summed E-state index contributed by atoms with van der Waals surface area (Å²) in [6.07, 6.45) is 15.7. The molecule has 3 aliphatic rings. The molecule has 3 rings (SSSR count).